The number of amides is 1. The molecule has 0 saturated carbocycles. The topological polar surface area (TPSA) is 56.6 Å². The van der Waals surface area contributed by atoms with Crippen molar-refractivity contribution < 1.29 is 9.53 Å². The maximum atomic E-state index is 13.3. The zero-order valence-electron chi connectivity index (χ0n) is 14.3. The Labute approximate surface area is 152 Å². The van der Waals surface area contributed by atoms with Gasteiger partial charge in [0.1, 0.15) is 0 Å². The zero-order valence-corrected chi connectivity index (χ0v) is 14.3. The fourth-order valence-corrected chi connectivity index (χ4v) is 3.49. The van der Waals surface area contributed by atoms with E-state index in [9.17, 15) is 10.1 Å². The Hall–Kier alpha value is -3.10. The Morgan fingerprint density at radius 3 is 2.46 bits per heavy atom. The molecular weight excluding hydrogens is 326 g/mol. The van der Waals surface area contributed by atoms with Crippen molar-refractivity contribution in [1.82, 2.24) is 4.90 Å². The Balaban J connectivity index is 1.81. The zero-order chi connectivity index (χ0) is 17.9. The molecule has 1 atom stereocenters. The van der Waals surface area contributed by atoms with E-state index in [4.69, 9.17) is 4.74 Å². The van der Waals surface area contributed by atoms with Crippen LogP contribution in [0.3, 0.4) is 0 Å². The minimum Gasteiger partial charge on any atom is -0.378 e. The number of fused-ring (bicyclic) bond motifs is 1. The summed E-state index contributed by atoms with van der Waals surface area (Å²) in [5.41, 5.74) is 3.15. The van der Waals surface area contributed by atoms with Gasteiger partial charge >= 0.3 is 0 Å². The van der Waals surface area contributed by atoms with Gasteiger partial charge in [-0.2, -0.15) is 5.26 Å². The van der Waals surface area contributed by atoms with E-state index < -0.39 is 6.04 Å². The lowest BCUT2D eigenvalue weighted by Crippen LogP contribution is -2.49. The highest BCUT2D eigenvalue weighted by Gasteiger charge is 2.36. The number of para-hydroxylation sites is 1. The van der Waals surface area contributed by atoms with E-state index in [1.165, 1.54) is 0 Å². The highest BCUT2D eigenvalue weighted by Crippen LogP contribution is 2.35. The Morgan fingerprint density at radius 1 is 1.04 bits per heavy atom. The second kappa shape index (κ2) is 7.03. The molecule has 26 heavy (non-hydrogen) atoms. The third-order valence-electron chi connectivity index (χ3n) is 4.78. The summed E-state index contributed by atoms with van der Waals surface area (Å²) in [5.74, 6) is -0.163. The van der Waals surface area contributed by atoms with Crippen LogP contribution in [0.4, 0.5) is 5.69 Å². The lowest BCUT2D eigenvalue weighted by Gasteiger charge is -2.40. The molecule has 0 spiro atoms. The van der Waals surface area contributed by atoms with Crippen LogP contribution < -0.4 is 4.90 Å². The van der Waals surface area contributed by atoms with Gasteiger partial charge in [0.05, 0.1) is 30.7 Å². The van der Waals surface area contributed by atoms with Crippen molar-refractivity contribution in [2.75, 3.05) is 31.2 Å². The molecule has 0 radical (unpaired) electrons. The van der Waals surface area contributed by atoms with Gasteiger partial charge in [-0.1, -0.05) is 36.4 Å². The molecule has 4 rings (SSSR count). The fraction of sp³-hybridized carbons (Fsp3) is 0.238. The van der Waals surface area contributed by atoms with Crippen LogP contribution in [-0.2, 0) is 4.74 Å². The number of nitriles is 1. The molecule has 1 saturated heterocycles. The predicted molar refractivity (Wildman–Crippen MR) is 99.5 cm³/mol. The fourth-order valence-electron chi connectivity index (χ4n) is 3.49. The Morgan fingerprint density at radius 2 is 1.73 bits per heavy atom. The van der Waals surface area contributed by atoms with Crippen LogP contribution in [0.1, 0.15) is 15.9 Å². The van der Waals surface area contributed by atoms with Gasteiger partial charge in [-0.25, -0.2) is 0 Å². The normalized spacial score (nSPS) is 19.3. The number of rotatable bonds is 2. The van der Waals surface area contributed by atoms with E-state index in [2.05, 4.69) is 11.0 Å². The minimum absolute atomic E-state index is 0.163. The predicted octanol–water partition coefficient (Wildman–Crippen LogP) is 2.91. The van der Waals surface area contributed by atoms with Crippen molar-refractivity contribution in [3.05, 3.63) is 71.4 Å². The second-order valence-electron chi connectivity index (χ2n) is 6.30. The number of hydrogen-bond donors (Lipinski definition) is 0. The lowest BCUT2D eigenvalue weighted by molar-refractivity contribution is 0.0521. The average molecular weight is 345 g/mol. The number of carbonyl (C=O) groups is 1. The molecule has 2 aromatic rings. The van der Waals surface area contributed by atoms with Crippen LogP contribution in [0, 0.1) is 11.3 Å². The van der Waals surface area contributed by atoms with Crippen LogP contribution >= 0.6 is 0 Å². The second-order valence-corrected chi connectivity index (χ2v) is 6.30. The number of morpholine rings is 1. The number of carbonyl (C=O) groups excluding carboxylic acids is 1. The Kier molecular flexibility index (Phi) is 4.42. The minimum atomic E-state index is -0.657. The molecule has 0 N–H and O–H groups in total. The number of ether oxygens (including phenoxy) is 1. The highest BCUT2D eigenvalue weighted by molar-refractivity contribution is 6.09. The van der Waals surface area contributed by atoms with Crippen LogP contribution in [0.15, 0.2) is 60.3 Å². The summed E-state index contributed by atoms with van der Waals surface area (Å²) in [6.45, 7) is 2.70. The standard InChI is InChI=1S/C21H19N3O2/c22-15-20-19(23-10-12-26-13-11-23)14-17-8-4-5-9-18(17)24(20)21(25)16-6-2-1-3-7-16/h1-9,14,20H,10-13H2. The van der Waals surface area contributed by atoms with Gasteiger partial charge in [0.2, 0.25) is 0 Å². The molecule has 2 heterocycles. The quantitative estimate of drug-likeness (QED) is 0.840. The van der Waals surface area contributed by atoms with E-state index in [1.54, 1.807) is 17.0 Å². The molecule has 1 fully saturated rings. The van der Waals surface area contributed by atoms with Crippen molar-refractivity contribution in [2.24, 2.45) is 0 Å². The summed E-state index contributed by atoms with van der Waals surface area (Å²) in [7, 11) is 0. The van der Waals surface area contributed by atoms with Gasteiger partial charge in [-0.05, 0) is 24.3 Å². The lowest BCUT2D eigenvalue weighted by atomic mass is 9.98. The summed E-state index contributed by atoms with van der Waals surface area (Å²) < 4.78 is 5.44. The smallest absolute Gasteiger partial charge is 0.259 e. The summed E-state index contributed by atoms with van der Waals surface area (Å²) in [5, 5.41) is 9.94. The SMILES string of the molecule is N#CC1C(N2CCOCC2)=Cc2ccccc2N1C(=O)c1ccccc1. The molecule has 2 aliphatic rings. The molecular formula is C21H19N3O2. The monoisotopic (exact) mass is 345 g/mol. The van der Waals surface area contributed by atoms with Gasteiger partial charge in [0.15, 0.2) is 6.04 Å². The van der Waals surface area contributed by atoms with Crippen LogP contribution in [0.5, 0.6) is 0 Å². The van der Waals surface area contributed by atoms with Crippen molar-refractivity contribution >= 4 is 17.7 Å². The first-order chi connectivity index (χ1) is 12.8. The average Bonchev–Trinajstić information content (AvgIpc) is 2.73. The van der Waals surface area contributed by atoms with Gasteiger partial charge in [-0.3, -0.25) is 9.69 Å². The van der Waals surface area contributed by atoms with Crippen molar-refractivity contribution in [1.29, 1.82) is 5.26 Å². The van der Waals surface area contributed by atoms with Crippen molar-refractivity contribution in [3.8, 4) is 6.07 Å². The van der Waals surface area contributed by atoms with E-state index in [1.807, 2.05) is 48.5 Å². The van der Waals surface area contributed by atoms with E-state index in [-0.39, 0.29) is 5.91 Å². The molecule has 5 nitrogen and oxygen atoms in total. The summed E-state index contributed by atoms with van der Waals surface area (Å²) in [4.78, 5) is 17.0. The molecule has 0 bridgehead atoms. The summed E-state index contributed by atoms with van der Waals surface area (Å²) in [6, 6.07) is 18.5. The number of nitrogens with zero attached hydrogens (tertiary/aromatic N) is 3. The number of hydrogen-bond acceptors (Lipinski definition) is 4. The molecule has 1 amide bonds. The third-order valence-corrected chi connectivity index (χ3v) is 4.78. The molecule has 5 heteroatoms. The van der Waals surface area contributed by atoms with Gasteiger partial charge in [0.25, 0.3) is 5.91 Å². The maximum Gasteiger partial charge on any atom is 0.259 e. The number of benzene rings is 2. The van der Waals surface area contributed by atoms with Gasteiger partial charge in [-0.15, -0.1) is 0 Å². The molecule has 130 valence electrons. The molecule has 0 aromatic heterocycles. The molecule has 2 aliphatic heterocycles. The molecule has 0 aliphatic carbocycles. The summed E-state index contributed by atoms with van der Waals surface area (Å²) in [6.07, 6.45) is 2.03. The first kappa shape index (κ1) is 16.4. The van der Waals surface area contributed by atoms with E-state index in [0.29, 0.717) is 18.8 Å². The van der Waals surface area contributed by atoms with Crippen molar-refractivity contribution in [2.45, 2.75) is 6.04 Å². The van der Waals surface area contributed by atoms with Gasteiger partial charge in [0, 0.05) is 24.2 Å². The van der Waals surface area contributed by atoms with Crippen LogP contribution in [-0.4, -0.2) is 43.2 Å². The maximum absolute atomic E-state index is 13.3. The first-order valence-corrected chi connectivity index (χ1v) is 8.71. The van der Waals surface area contributed by atoms with Crippen LogP contribution in [0.25, 0.3) is 6.08 Å². The highest BCUT2D eigenvalue weighted by atomic mass is 16.5. The van der Waals surface area contributed by atoms with E-state index >= 15 is 0 Å². The molecule has 1 unspecified atom stereocenters. The Bertz CT molecular complexity index is 880. The van der Waals surface area contributed by atoms with Crippen molar-refractivity contribution in [3.63, 3.8) is 0 Å². The van der Waals surface area contributed by atoms with Crippen LogP contribution in [0.2, 0.25) is 0 Å². The molecule has 2 aromatic carbocycles. The largest absolute Gasteiger partial charge is 0.378 e. The van der Waals surface area contributed by atoms with Gasteiger partial charge < -0.3 is 9.64 Å². The first-order valence-electron chi connectivity index (χ1n) is 8.71. The van der Waals surface area contributed by atoms with E-state index in [0.717, 1.165) is 30.0 Å². The summed E-state index contributed by atoms with van der Waals surface area (Å²) >= 11 is 0. The third kappa shape index (κ3) is 2.85. The number of anilines is 1.